The lowest BCUT2D eigenvalue weighted by Crippen LogP contribution is -2.01. The van der Waals surface area contributed by atoms with Gasteiger partial charge in [0, 0.05) is 4.91 Å². The quantitative estimate of drug-likeness (QED) is 0.458. The highest BCUT2D eigenvalue weighted by Crippen LogP contribution is 2.22. The van der Waals surface area contributed by atoms with Gasteiger partial charge in [-0.25, -0.2) is 0 Å². The molecule has 0 saturated carbocycles. The largest absolute Gasteiger partial charge is 0.396 e. The first-order valence-electron chi connectivity index (χ1n) is 4.94. The van der Waals surface area contributed by atoms with Gasteiger partial charge in [0.25, 0.3) is 0 Å². The third kappa shape index (κ3) is 2.98. The third-order valence-corrected chi connectivity index (χ3v) is 2.33. The van der Waals surface area contributed by atoms with E-state index >= 15 is 0 Å². The van der Waals surface area contributed by atoms with Gasteiger partial charge in [0.15, 0.2) is 0 Å². The summed E-state index contributed by atoms with van der Waals surface area (Å²) in [6.45, 7) is 4.03. The Morgan fingerprint density at radius 1 is 1.40 bits per heavy atom. The molecule has 0 fully saturated rings. The molecule has 80 valence electrons. The molecule has 0 aliphatic rings. The number of nitrogens with zero attached hydrogens (tertiary/aromatic N) is 3. The van der Waals surface area contributed by atoms with Crippen molar-refractivity contribution < 1.29 is 5.11 Å². The number of benzene rings is 1. The molecule has 1 N–H and O–H groups in total. The monoisotopic (exact) mass is 205 g/mol. The predicted molar refractivity (Wildman–Crippen MR) is 59.5 cm³/mol. The lowest BCUT2D eigenvalue weighted by Gasteiger charge is -2.11. The number of azide groups is 1. The van der Waals surface area contributed by atoms with Gasteiger partial charge in [-0.3, -0.25) is 0 Å². The van der Waals surface area contributed by atoms with Crippen molar-refractivity contribution in [3.8, 4) is 0 Å². The summed E-state index contributed by atoms with van der Waals surface area (Å²) in [5.74, 6) is 0.426. The summed E-state index contributed by atoms with van der Waals surface area (Å²) in [5.41, 5.74) is 10.4. The van der Waals surface area contributed by atoms with Crippen molar-refractivity contribution in [1.29, 1.82) is 0 Å². The van der Waals surface area contributed by atoms with E-state index in [1.807, 2.05) is 24.3 Å². The predicted octanol–water partition coefficient (Wildman–Crippen LogP) is 3.15. The Labute approximate surface area is 89.2 Å². The molecule has 0 bridgehead atoms. The van der Waals surface area contributed by atoms with Gasteiger partial charge in [-0.2, -0.15) is 0 Å². The zero-order chi connectivity index (χ0) is 11.3. The van der Waals surface area contributed by atoms with Crippen LogP contribution in [0.2, 0.25) is 0 Å². The summed E-state index contributed by atoms with van der Waals surface area (Å²) in [6.07, 6.45) is 0. The van der Waals surface area contributed by atoms with Crippen molar-refractivity contribution in [3.05, 3.63) is 45.8 Å². The molecule has 0 radical (unpaired) electrons. The molecule has 0 aromatic heterocycles. The molecule has 0 saturated heterocycles. The van der Waals surface area contributed by atoms with Gasteiger partial charge in [0.2, 0.25) is 0 Å². The second-order valence-corrected chi connectivity index (χ2v) is 3.73. The summed E-state index contributed by atoms with van der Waals surface area (Å²) < 4.78 is 0. The highest BCUT2D eigenvalue weighted by atomic mass is 16.3. The van der Waals surface area contributed by atoms with E-state index in [0.717, 1.165) is 5.56 Å². The highest BCUT2D eigenvalue weighted by Gasteiger charge is 2.09. The van der Waals surface area contributed by atoms with Crippen molar-refractivity contribution in [1.82, 2.24) is 0 Å². The van der Waals surface area contributed by atoms with Crippen molar-refractivity contribution in [2.45, 2.75) is 25.8 Å². The van der Waals surface area contributed by atoms with E-state index in [9.17, 15) is 0 Å². The fourth-order valence-corrected chi connectivity index (χ4v) is 1.40. The Hall–Kier alpha value is -1.51. The standard InChI is InChI=1S/C11H15N3O/c1-8(2)9-4-3-5-10(6-9)11(7-15)13-14-12/h3-6,8,11,15H,7H2,1-2H3. The molecule has 1 unspecified atom stereocenters. The van der Waals surface area contributed by atoms with E-state index < -0.39 is 6.04 Å². The Morgan fingerprint density at radius 2 is 2.07 bits per heavy atom. The average molecular weight is 205 g/mol. The maximum Gasteiger partial charge on any atom is 0.0856 e. The van der Waals surface area contributed by atoms with Crippen molar-refractivity contribution >= 4 is 0 Å². The SMILES string of the molecule is CC(C)c1cccc(C(CO)N=[N+]=[N-])c1. The molecule has 1 atom stereocenters. The maximum atomic E-state index is 9.08. The maximum absolute atomic E-state index is 9.08. The summed E-state index contributed by atoms with van der Waals surface area (Å²) in [5, 5.41) is 12.6. The molecular weight excluding hydrogens is 190 g/mol. The Balaban J connectivity index is 3.02. The Kier molecular flexibility index (Phi) is 4.16. The summed E-state index contributed by atoms with van der Waals surface area (Å²) in [7, 11) is 0. The van der Waals surface area contributed by atoms with Crippen LogP contribution in [0.1, 0.15) is 36.9 Å². The molecule has 0 spiro atoms. The van der Waals surface area contributed by atoms with E-state index in [0.29, 0.717) is 5.92 Å². The molecule has 1 aromatic rings. The molecule has 0 aliphatic carbocycles. The first-order valence-corrected chi connectivity index (χ1v) is 4.94. The van der Waals surface area contributed by atoms with E-state index in [1.165, 1.54) is 5.56 Å². The topological polar surface area (TPSA) is 69.0 Å². The summed E-state index contributed by atoms with van der Waals surface area (Å²) >= 11 is 0. The van der Waals surface area contributed by atoms with E-state index in [1.54, 1.807) is 0 Å². The molecule has 0 amide bonds. The molecule has 4 heteroatoms. The second kappa shape index (κ2) is 5.39. The zero-order valence-corrected chi connectivity index (χ0v) is 8.96. The molecule has 15 heavy (non-hydrogen) atoms. The minimum absolute atomic E-state index is 0.161. The van der Waals surface area contributed by atoms with Gasteiger partial charge in [-0.15, -0.1) is 0 Å². The number of aliphatic hydroxyl groups is 1. The van der Waals surface area contributed by atoms with Gasteiger partial charge in [-0.1, -0.05) is 43.2 Å². The fraction of sp³-hybridized carbons (Fsp3) is 0.455. The van der Waals surface area contributed by atoms with E-state index in [-0.39, 0.29) is 6.61 Å². The minimum Gasteiger partial charge on any atom is -0.396 e. The highest BCUT2D eigenvalue weighted by molar-refractivity contribution is 5.28. The smallest absolute Gasteiger partial charge is 0.0856 e. The van der Waals surface area contributed by atoms with Crippen molar-refractivity contribution in [2.75, 3.05) is 6.61 Å². The Bertz CT molecular complexity index is 370. The van der Waals surface area contributed by atoms with Crippen LogP contribution in [0, 0.1) is 0 Å². The second-order valence-electron chi connectivity index (χ2n) is 3.73. The number of rotatable bonds is 4. The van der Waals surface area contributed by atoms with Crippen LogP contribution in [-0.4, -0.2) is 11.7 Å². The summed E-state index contributed by atoms with van der Waals surface area (Å²) in [6, 6.07) is 7.30. The number of hydrogen-bond donors (Lipinski definition) is 1. The van der Waals surface area contributed by atoms with Crippen LogP contribution < -0.4 is 0 Å². The zero-order valence-electron chi connectivity index (χ0n) is 8.96. The number of hydrogen-bond acceptors (Lipinski definition) is 2. The lowest BCUT2D eigenvalue weighted by atomic mass is 9.98. The molecule has 1 rings (SSSR count). The fourth-order valence-electron chi connectivity index (χ4n) is 1.40. The van der Waals surface area contributed by atoms with Crippen LogP contribution in [0.4, 0.5) is 0 Å². The molecule has 4 nitrogen and oxygen atoms in total. The van der Waals surface area contributed by atoms with Crippen LogP contribution >= 0.6 is 0 Å². The van der Waals surface area contributed by atoms with Crippen LogP contribution in [0.15, 0.2) is 29.4 Å². The van der Waals surface area contributed by atoms with E-state index in [2.05, 4.69) is 23.9 Å². The first kappa shape index (κ1) is 11.6. The van der Waals surface area contributed by atoms with Gasteiger partial charge < -0.3 is 5.11 Å². The molecular formula is C11H15N3O. The molecule has 0 aliphatic heterocycles. The summed E-state index contributed by atoms with van der Waals surface area (Å²) in [4.78, 5) is 2.72. The molecule has 0 heterocycles. The normalized spacial score (nSPS) is 12.3. The average Bonchev–Trinajstić information content (AvgIpc) is 2.26. The van der Waals surface area contributed by atoms with Crippen LogP contribution in [0.3, 0.4) is 0 Å². The van der Waals surface area contributed by atoms with Crippen LogP contribution in [0.5, 0.6) is 0 Å². The van der Waals surface area contributed by atoms with Crippen molar-refractivity contribution in [3.63, 3.8) is 0 Å². The lowest BCUT2D eigenvalue weighted by molar-refractivity contribution is 0.268. The van der Waals surface area contributed by atoms with Crippen molar-refractivity contribution in [2.24, 2.45) is 5.11 Å². The van der Waals surface area contributed by atoms with Gasteiger partial charge in [0.05, 0.1) is 12.6 Å². The van der Waals surface area contributed by atoms with Gasteiger partial charge in [-0.05, 0) is 22.6 Å². The number of aliphatic hydroxyl groups excluding tert-OH is 1. The Morgan fingerprint density at radius 3 is 2.60 bits per heavy atom. The van der Waals surface area contributed by atoms with Gasteiger partial charge in [0.1, 0.15) is 0 Å². The van der Waals surface area contributed by atoms with Crippen LogP contribution in [0.25, 0.3) is 10.4 Å². The van der Waals surface area contributed by atoms with Crippen LogP contribution in [-0.2, 0) is 0 Å². The molecule has 1 aromatic carbocycles. The van der Waals surface area contributed by atoms with E-state index in [4.69, 9.17) is 10.6 Å². The van der Waals surface area contributed by atoms with Gasteiger partial charge >= 0.3 is 0 Å². The minimum atomic E-state index is -0.478. The first-order chi connectivity index (χ1) is 7.19. The third-order valence-electron chi connectivity index (χ3n) is 2.33.